The lowest BCUT2D eigenvalue weighted by molar-refractivity contribution is -0.122. The highest BCUT2D eigenvalue weighted by atomic mass is 32.1. The van der Waals surface area contributed by atoms with Gasteiger partial charge in [-0.15, -0.1) is 5.10 Å². The van der Waals surface area contributed by atoms with Crippen molar-refractivity contribution in [3.05, 3.63) is 113 Å². The molecule has 0 aliphatic carbocycles. The average molecular weight is 429 g/mol. The predicted molar refractivity (Wildman–Crippen MR) is 121 cm³/mol. The van der Waals surface area contributed by atoms with Gasteiger partial charge in [-0.1, -0.05) is 83.4 Å². The molecule has 1 heterocycles. The Morgan fingerprint density at radius 1 is 0.871 bits per heavy atom. The van der Waals surface area contributed by atoms with Crippen molar-refractivity contribution in [3.63, 3.8) is 0 Å². The number of nitrogens with zero attached hydrogens (tertiary/aromatic N) is 3. The van der Waals surface area contributed by atoms with Gasteiger partial charge in [-0.25, -0.2) is 0 Å². The minimum atomic E-state index is -0.874. The molecular formula is C24H20N4O2S. The van der Waals surface area contributed by atoms with Crippen LogP contribution in [0.3, 0.4) is 0 Å². The third-order valence-electron chi connectivity index (χ3n) is 4.76. The van der Waals surface area contributed by atoms with Gasteiger partial charge < -0.3 is 5.32 Å². The molecule has 6 nitrogen and oxygen atoms in total. The molecule has 0 fully saturated rings. The molecule has 0 saturated carbocycles. The molecule has 1 atom stereocenters. The maximum atomic E-state index is 13.5. The average Bonchev–Trinajstić information content (AvgIpc) is 3.37. The van der Waals surface area contributed by atoms with Crippen molar-refractivity contribution in [1.29, 1.82) is 0 Å². The lowest BCUT2D eigenvalue weighted by Crippen LogP contribution is -2.44. The second kappa shape index (κ2) is 9.77. The van der Waals surface area contributed by atoms with E-state index in [1.165, 1.54) is 4.90 Å². The van der Waals surface area contributed by atoms with Crippen molar-refractivity contribution in [2.24, 2.45) is 0 Å². The van der Waals surface area contributed by atoms with E-state index in [0.29, 0.717) is 17.8 Å². The number of hydrogen-bond donors (Lipinski definition) is 1. The summed E-state index contributed by atoms with van der Waals surface area (Å²) in [5, 5.41) is 8.50. The highest BCUT2D eigenvalue weighted by molar-refractivity contribution is 7.03. The van der Waals surface area contributed by atoms with Gasteiger partial charge in [0, 0.05) is 17.6 Å². The van der Waals surface area contributed by atoms with Crippen LogP contribution >= 0.6 is 11.5 Å². The van der Waals surface area contributed by atoms with Crippen LogP contribution in [0.5, 0.6) is 0 Å². The Morgan fingerprint density at radius 2 is 1.48 bits per heavy atom. The number of carbonyl (C=O) groups excluding carboxylic acids is 2. The fourth-order valence-corrected chi connectivity index (χ4v) is 3.72. The molecule has 1 aromatic heterocycles. The third-order valence-corrected chi connectivity index (χ3v) is 5.27. The number of anilines is 1. The van der Waals surface area contributed by atoms with E-state index in [9.17, 15) is 9.59 Å². The molecule has 0 saturated heterocycles. The van der Waals surface area contributed by atoms with E-state index in [1.54, 1.807) is 17.5 Å². The van der Waals surface area contributed by atoms with E-state index in [4.69, 9.17) is 0 Å². The van der Waals surface area contributed by atoms with Crippen LogP contribution in [0.1, 0.15) is 27.7 Å². The van der Waals surface area contributed by atoms with Crippen LogP contribution in [-0.2, 0) is 11.3 Å². The fourth-order valence-electron chi connectivity index (χ4n) is 3.29. The number of nitrogens with one attached hydrogen (secondary N) is 1. The highest BCUT2D eigenvalue weighted by Gasteiger charge is 2.34. The largest absolute Gasteiger partial charge is 0.350 e. The number of para-hydroxylation sites is 1. The Balaban J connectivity index is 1.73. The first kappa shape index (κ1) is 20.4. The molecule has 7 heteroatoms. The quantitative estimate of drug-likeness (QED) is 0.478. The van der Waals surface area contributed by atoms with Gasteiger partial charge in [-0.3, -0.25) is 14.5 Å². The molecular weight excluding hydrogens is 408 g/mol. The molecule has 0 aliphatic heterocycles. The number of amides is 2. The summed E-state index contributed by atoms with van der Waals surface area (Å²) >= 11 is 1.09. The van der Waals surface area contributed by atoms with Gasteiger partial charge in [0.05, 0.1) is 0 Å². The maximum Gasteiger partial charge on any atom is 0.280 e. The summed E-state index contributed by atoms with van der Waals surface area (Å²) in [6.07, 6.45) is 0. The topological polar surface area (TPSA) is 75.2 Å². The van der Waals surface area contributed by atoms with Gasteiger partial charge in [0.2, 0.25) is 5.91 Å². The van der Waals surface area contributed by atoms with Gasteiger partial charge in [-0.2, -0.15) is 0 Å². The second-order valence-electron chi connectivity index (χ2n) is 6.82. The van der Waals surface area contributed by atoms with Crippen LogP contribution in [0.15, 0.2) is 96.4 Å². The minimum Gasteiger partial charge on any atom is -0.350 e. The van der Waals surface area contributed by atoms with Crippen molar-refractivity contribution >= 4 is 29.0 Å². The monoisotopic (exact) mass is 428 g/mol. The smallest absolute Gasteiger partial charge is 0.280 e. The van der Waals surface area contributed by atoms with Crippen molar-refractivity contribution in [1.82, 2.24) is 14.9 Å². The number of aromatic nitrogens is 2. The van der Waals surface area contributed by atoms with Gasteiger partial charge in [0.25, 0.3) is 5.91 Å². The van der Waals surface area contributed by atoms with E-state index in [2.05, 4.69) is 14.9 Å². The number of hydrogen-bond acceptors (Lipinski definition) is 5. The van der Waals surface area contributed by atoms with Crippen LogP contribution in [-0.4, -0.2) is 21.4 Å². The third kappa shape index (κ3) is 4.84. The van der Waals surface area contributed by atoms with Crippen molar-refractivity contribution < 1.29 is 9.59 Å². The molecule has 4 aromatic rings. The van der Waals surface area contributed by atoms with E-state index < -0.39 is 6.04 Å². The summed E-state index contributed by atoms with van der Waals surface area (Å²) in [6, 6.07) is 27.2. The van der Waals surface area contributed by atoms with Gasteiger partial charge in [0.15, 0.2) is 5.69 Å². The number of carbonyl (C=O) groups is 2. The Bertz CT molecular complexity index is 1120. The Morgan fingerprint density at radius 3 is 2.10 bits per heavy atom. The van der Waals surface area contributed by atoms with Crippen molar-refractivity contribution in [3.8, 4) is 0 Å². The molecule has 3 aromatic carbocycles. The zero-order valence-electron chi connectivity index (χ0n) is 16.6. The maximum absolute atomic E-state index is 13.5. The predicted octanol–water partition coefficient (Wildman–Crippen LogP) is 4.24. The molecule has 4 rings (SSSR count). The van der Waals surface area contributed by atoms with Gasteiger partial charge >= 0.3 is 0 Å². The van der Waals surface area contributed by atoms with Gasteiger partial charge in [-0.05, 0) is 34.8 Å². The first-order chi connectivity index (χ1) is 15.2. The molecule has 154 valence electrons. The molecule has 0 aliphatic rings. The lowest BCUT2D eigenvalue weighted by Gasteiger charge is -2.31. The second-order valence-corrected chi connectivity index (χ2v) is 7.43. The van der Waals surface area contributed by atoms with Crippen LogP contribution in [0.4, 0.5) is 5.69 Å². The molecule has 0 unspecified atom stereocenters. The molecule has 1 N–H and O–H groups in total. The summed E-state index contributed by atoms with van der Waals surface area (Å²) < 4.78 is 3.82. The Labute approximate surface area is 184 Å². The SMILES string of the molecule is O=C(NCc1ccccc1)[C@@H](c1ccccc1)N(C(=O)c1csnn1)c1ccccc1. The number of rotatable bonds is 7. The lowest BCUT2D eigenvalue weighted by atomic mass is 10.0. The molecule has 2 amide bonds. The summed E-state index contributed by atoms with van der Waals surface area (Å²) in [7, 11) is 0. The van der Waals surface area contributed by atoms with Crippen LogP contribution < -0.4 is 10.2 Å². The van der Waals surface area contributed by atoms with Crippen molar-refractivity contribution in [2.45, 2.75) is 12.6 Å². The van der Waals surface area contributed by atoms with Crippen LogP contribution in [0.2, 0.25) is 0 Å². The summed E-state index contributed by atoms with van der Waals surface area (Å²) in [4.78, 5) is 28.4. The fraction of sp³-hybridized carbons (Fsp3) is 0.0833. The Kier molecular flexibility index (Phi) is 6.44. The zero-order chi connectivity index (χ0) is 21.5. The Hall–Kier alpha value is -3.84. The summed E-state index contributed by atoms with van der Waals surface area (Å²) in [5.74, 6) is -0.667. The van der Waals surface area contributed by atoms with Crippen molar-refractivity contribution in [2.75, 3.05) is 4.90 Å². The molecule has 31 heavy (non-hydrogen) atoms. The standard InChI is InChI=1S/C24H20N4O2S/c29-23(25-16-18-10-4-1-5-11-18)22(19-12-6-2-7-13-19)28(20-14-8-3-9-15-20)24(30)21-17-31-27-26-21/h1-15,17,22H,16H2,(H,25,29)/t22-/m1/s1. The molecule has 0 spiro atoms. The minimum absolute atomic E-state index is 0.200. The normalized spacial score (nSPS) is 11.5. The first-order valence-corrected chi connectivity index (χ1v) is 10.6. The van der Waals surface area contributed by atoms with Gasteiger partial charge in [0.1, 0.15) is 6.04 Å². The molecule has 0 bridgehead atoms. The van der Waals surface area contributed by atoms with Crippen LogP contribution in [0.25, 0.3) is 0 Å². The zero-order valence-corrected chi connectivity index (χ0v) is 17.4. The van der Waals surface area contributed by atoms with E-state index in [-0.39, 0.29) is 17.5 Å². The summed E-state index contributed by atoms with van der Waals surface area (Å²) in [6.45, 7) is 0.359. The summed E-state index contributed by atoms with van der Waals surface area (Å²) in [5.41, 5.74) is 2.48. The van der Waals surface area contributed by atoms with E-state index in [1.807, 2.05) is 78.9 Å². The van der Waals surface area contributed by atoms with E-state index >= 15 is 0 Å². The number of benzene rings is 3. The highest BCUT2D eigenvalue weighted by Crippen LogP contribution is 2.29. The van der Waals surface area contributed by atoms with Crippen LogP contribution in [0, 0.1) is 0 Å². The first-order valence-electron chi connectivity index (χ1n) is 9.76. The van der Waals surface area contributed by atoms with E-state index in [0.717, 1.165) is 17.1 Å². The molecule has 0 radical (unpaired) electrons.